The Morgan fingerprint density at radius 2 is 2.19 bits per heavy atom. The van der Waals surface area contributed by atoms with Crippen molar-refractivity contribution in [2.75, 3.05) is 24.7 Å². The van der Waals surface area contributed by atoms with Crippen molar-refractivity contribution >= 4 is 17.5 Å². The van der Waals surface area contributed by atoms with Crippen LogP contribution in [-0.4, -0.2) is 35.4 Å². The molecule has 2 nitrogen and oxygen atoms in total. The first kappa shape index (κ1) is 11.7. The zero-order valence-electron chi connectivity index (χ0n) is 9.56. The van der Waals surface area contributed by atoms with Crippen LogP contribution in [0.3, 0.4) is 0 Å². The molecule has 1 saturated heterocycles. The Labute approximate surface area is 101 Å². The summed E-state index contributed by atoms with van der Waals surface area (Å²) in [5.74, 6) is 2.64. The van der Waals surface area contributed by atoms with E-state index in [1.165, 1.54) is 5.75 Å². The van der Waals surface area contributed by atoms with Crippen molar-refractivity contribution in [2.45, 2.75) is 6.92 Å². The largest absolute Gasteiger partial charge is 0.294 e. The third-order valence-electron chi connectivity index (χ3n) is 2.86. The van der Waals surface area contributed by atoms with Gasteiger partial charge in [0.15, 0.2) is 5.78 Å². The number of Topliss-reactive ketones (excluding diaryl/α,β-unsaturated/α-hetero) is 1. The van der Waals surface area contributed by atoms with Gasteiger partial charge in [-0.3, -0.25) is 9.69 Å². The van der Waals surface area contributed by atoms with Crippen LogP contribution < -0.4 is 0 Å². The van der Waals surface area contributed by atoms with Gasteiger partial charge in [0.1, 0.15) is 0 Å². The van der Waals surface area contributed by atoms with Crippen LogP contribution in [0.4, 0.5) is 0 Å². The van der Waals surface area contributed by atoms with Gasteiger partial charge in [0.2, 0.25) is 0 Å². The molecule has 1 aromatic carbocycles. The minimum absolute atomic E-state index is 0.0982. The molecule has 1 aromatic rings. The fraction of sp³-hybridized carbons (Fsp3) is 0.462. The Hall–Kier alpha value is -0.800. The first-order chi connectivity index (χ1) is 7.77. The number of hydrogen-bond donors (Lipinski definition) is 0. The van der Waals surface area contributed by atoms with Gasteiger partial charge in [-0.2, -0.15) is 0 Å². The Morgan fingerprint density at radius 3 is 2.81 bits per heavy atom. The molecule has 1 unspecified atom stereocenters. The normalized spacial score (nSPS) is 18.6. The van der Waals surface area contributed by atoms with Crippen LogP contribution in [0.15, 0.2) is 30.3 Å². The Bertz CT molecular complexity index is 346. The first-order valence-electron chi connectivity index (χ1n) is 5.67. The van der Waals surface area contributed by atoms with Crippen LogP contribution in [0.25, 0.3) is 0 Å². The highest BCUT2D eigenvalue weighted by Crippen LogP contribution is 2.17. The fourth-order valence-corrected chi connectivity index (χ4v) is 2.96. The van der Waals surface area contributed by atoms with E-state index in [9.17, 15) is 4.79 Å². The zero-order valence-corrected chi connectivity index (χ0v) is 10.4. The molecule has 0 aromatic heterocycles. The number of benzene rings is 1. The molecule has 3 heteroatoms. The van der Waals surface area contributed by atoms with Gasteiger partial charge in [-0.1, -0.05) is 37.3 Å². The molecule has 0 radical (unpaired) electrons. The summed E-state index contributed by atoms with van der Waals surface area (Å²) >= 11 is 1.95. The highest BCUT2D eigenvalue weighted by Gasteiger charge is 2.20. The second-order valence-electron chi connectivity index (χ2n) is 4.25. The van der Waals surface area contributed by atoms with E-state index in [-0.39, 0.29) is 11.7 Å². The average Bonchev–Trinajstić information content (AvgIpc) is 2.82. The second kappa shape index (κ2) is 5.51. The molecule has 1 atom stereocenters. The quantitative estimate of drug-likeness (QED) is 0.748. The lowest BCUT2D eigenvalue weighted by Gasteiger charge is -2.18. The second-order valence-corrected chi connectivity index (χ2v) is 5.32. The zero-order chi connectivity index (χ0) is 11.4. The molecule has 16 heavy (non-hydrogen) atoms. The van der Waals surface area contributed by atoms with Gasteiger partial charge in [0.25, 0.3) is 0 Å². The highest BCUT2D eigenvalue weighted by atomic mass is 32.2. The van der Waals surface area contributed by atoms with Crippen molar-refractivity contribution < 1.29 is 4.79 Å². The summed E-state index contributed by atoms with van der Waals surface area (Å²) in [6.07, 6.45) is 0. The standard InChI is InChI=1S/C13H17NOS/c1-11(9-14-7-8-16-10-14)13(15)12-5-3-2-4-6-12/h2-6,11H,7-10H2,1H3. The van der Waals surface area contributed by atoms with Gasteiger partial charge in [0.05, 0.1) is 0 Å². The number of carbonyl (C=O) groups excluding carboxylic acids is 1. The Balaban J connectivity index is 1.94. The van der Waals surface area contributed by atoms with Crippen LogP contribution in [-0.2, 0) is 0 Å². The lowest BCUT2D eigenvalue weighted by Crippen LogP contribution is -2.29. The molecule has 86 valence electrons. The minimum Gasteiger partial charge on any atom is -0.294 e. The van der Waals surface area contributed by atoms with E-state index in [0.717, 1.165) is 24.5 Å². The van der Waals surface area contributed by atoms with Crippen molar-refractivity contribution in [3.8, 4) is 0 Å². The molecule has 1 fully saturated rings. The number of ketones is 1. The number of rotatable bonds is 4. The van der Waals surface area contributed by atoms with E-state index in [1.54, 1.807) is 0 Å². The summed E-state index contributed by atoms with van der Waals surface area (Å²) in [5.41, 5.74) is 0.835. The summed E-state index contributed by atoms with van der Waals surface area (Å²) in [4.78, 5) is 14.5. The molecule has 1 heterocycles. The monoisotopic (exact) mass is 235 g/mol. The molecule has 2 rings (SSSR count). The predicted molar refractivity (Wildman–Crippen MR) is 68.8 cm³/mol. The van der Waals surface area contributed by atoms with Crippen molar-refractivity contribution in [1.82, 2.24) is 4.90 Å². The molecule has 0 aliphatic carbocycles. The summed E-state index contributed by atoms with van der Waals surface area (Å²) < 4.78 is 0. The van der Waals surface area contributed by atoms with E-state index in [2.05, 4.69) is 4.90 Å². The summed E-state index contributed by atoms with van der Waals surface area (Å²) in [6.45, 7) is 4.04. The van der Waals surface area contributed by atoms with Gasteiger partial charge >= 0.3 is 0 Å². The predicted octanol–water partition coefficient (Wildman–Crippen LogP) is 2.51. The lowest BCUT2D eigenvalue weighted by molar-refractivity contribution is 0.0905. The molecule has 0 spiro atoms. The molecule has 1 aliphatic rings. The van der Waals surface area contributed by atoms with Gasteiger partial charge in [-0.05, 0) is 0 Å². The van der Waals surface area contributed by atoms with Crippen molar-refractivity contribution in [3.05, 3.63) is 35.9 Å². The highest BCUT2D eigenvalue weighted by molar-refractivity contribution is 7.99. The summed E-state index contributed by atoms with van der Waals surface area (Å²) in [5, 5.41) is 0. The SMILES string of the molecule is CC(CN1CCSC1)C(=O)c1ccccc1. The molecule has 0 bridgehead atoms. The first-order valence-corrected chi connectivity index (χ1v) is 6.82. The van der Waals surface area contributed by atoms with E-state index >= 15 is 0 Å². The van der Waals surface area contributed by atoms with Crippen molar-refractivity contribution in [3.63, 3.8) is 0 Å². The third-order valence-corrected chi connectivity index (χ3v) is 3.88. The van der Waals surface area contributed by atoms with E-state index in [0.29, 0.717) is 0 Å². The topological polar surface area (TPSA) is 20.3 Å². The lowest BCUT2D eigenvalue weighted by atomic mass is 9.99. The molecular weight excluding hydrogens is 218 g/mol. The van der Waals surface area contributed by atoms with Crippen LogP contribution in [0.2, 0.25) is 0 Å². The van der Waals surface area contributed by atoms with Gasteiger partial charge < -0.3 is 0 Å². The van der Waals surface area contributed by atoms with Crippen LogP contribution in [0.5, 0.6) is 0 Å². The number of nitrogens with zero attached hydrogens (tertiary/aromatic N) is 1. The van der Waals surface area contributed by atoms with Gasteiger partial charge in [-0.25, -0.2) is 0 Å². The summed E-state index contributed by atoms with van der Waals surface area (Å²) in [6, 6.07) is 9.59. The van der Waals surface area contributed by atoms with Crippen LogP contribution >= 0.6 is 11.8 Å². The molecule has 0 N–H and O–H groups in total. The molecule has 0 saturated carbocycles. The van der Waals surface area contributed by atoms with E-state index in [1.807, 2.05) is 49.0 Å². The molecular formula is C13H17NOS. The maximum Gasteiger partial charge on any atom is 0.166 e. The Kier molecular flexibility index (Phi) is 4.02. The van der Waals surface area contributed by atoms with Crippen LogP contribution in [0.1, 0.15) is 17.3 Å². The smallest absolute Gasteiger partial charge is 0.166 e. The molecule has 0 amide bonds. The Morgan fingerprint density at radius 1 is 1.44 bits per heavy atom. The maximum atomic E-state index is 12.1. The average molecular weight is 235 g/mol. The third kappa shape index (κ3) is 2.86. The van der Waals surface area contributed by atoms with Gasteiger partial charge in [0, 0.05) is 36.2 Å². The number of hydrogen-bond acceptors (Lipinski definition) is 3. The van der Waals surface area contributed by atoms with E-state index < -0.39 is 0 Å². The fourth-order valence-electron chi connectivity index (χ4n) is 1.95. The number of thioether (sulfide) groups is 1. The summed E-state index contributed by atoms with van der Waals surface area (Å²) in [7, 11) is 0. The number of carbonyl (C=O) groups is 1. The minimum atomic E-state index is 0.0982. The van der Waals surface area contributed by atoms with Gasteiger partial charge in [-0.15, -0.1) is 11.8 Å². The van der Waals surface area contributed by atoms with Crippen LogP contribution in [0, 0.1) is 5.92 Å². The maximum absolute atomic E-state index is 12.1. The van der Waals surface area contributed by atoms with E-state index in [4.69, 9.17) is 0 Å². The van der Waals surface area contributed by atoms with Crippen molar-refractivity contribution in [2.24, 2.45) is 5.92 Å². The molecule has 1 aliphatic heterocycles. The van der Waals surface area contributed by atoms with Crippen molar-refractivity contribution in [1.29, 1.82) is 0 Å².